The van der Waals surface area contributed by atoms with Gasteiger partial charge in [0.25, 0.3) is 0 Å². The van der Waals surface area contributed by atoms with Crippen LogP contribution in [0.5, 0.6) is 5.75 Å². The maximum atomic E-state index is 12.5. The molecule has 0 amide bonds. The number of methoxy groups -OCH3 is 1. The van der Waals surface area contributed by atoms with E-state index >= 15 is 0 Å². The Morgan fingerprint density at radius 3 is 2.84 bits per heavy atom. The largest absolute Gasteiger partial charge is 0.495 e. The van der Waals surface area contributed by atoms with Crippen molar-refractivity contribution in [1.82, 2.24) is 19.2 Å². The second-order valence-electron chi connectivity index (χ2n) is 7.31. The predicted octanol–water partition coefficient (Wildman–Crippen LogP) is 4.52. The molecule has 1 aromatic carbocycles. The van der Waals surface area contributed by atoms with Gasteiger partial charge in [0.15, 0.2) is 5.82 Å². The van der Waals surface area contributed by atoms with E-state index in [2.05, 4.69) is 4.90 Å². The van der Waals surface area contributed by atoms with Crippen LogP contribution in [0.15, 0.2) is 41.8 Å². The number of benzene rings is 1. The second kappa shape index (κ2) is 9.76. The van der Waals surface area contributed by atoms with Crippen LogP contribution >= 0.6 is 23.6 Å². The summed E-state index contributed by atoms with van der Waals surface area (Å²) in [6, 6.07) is 11.5. The van der Waals surface area contributed by atoms with Crippen molar-refractivity contribution in [3.63, 3.8) is 0 Å². The molecule has 0 bridgehead atoms. The standard InChI is InChI=1S/C22H26N4O3S2/c1-3-29-21(27)17-10-6-7-13-24(17)15-25-22(30)26(16-9-4-5-11-18(16)28-2)20(23-25)19-12-8-14-31-19/h4-5,8-9,11-12,14,17H,3,6-7,10,13,15H2,1-2H3. The topological polar surface area (TPSA) is 61.5 Å². The van der Waals surface area contributed by atoms with Crippen molar-refractivity contribution in [2.45, 2.75) is 38.9 Å². The van der Waals surface area contributed by atoms with Crippen molar-refractivity contribution >= 4 is 29.5 Å². The molecule has 0 saturated carbocycles. The van der Waals surface area contributed by atoms with E-state index in [1.165, 1.54) is 0 Å². The van der Waals surface area contributed by atoms with Crippen LogP contribution < -0.4 is 4.74 Å². The third-order valence-electron chi connectivity index (χ3n) is 5.39. The van der Waals surface area contributed by atoms with E-state index in [-0.39, 0.29) is 12.0 Å². The van der Waals surface area contributed by atoms with Gasteiger partial charge in [-0.1, -0.05) is 24.6 Å². The second-order valence-corrected chi connectivity index (χ2v) is 8.62. The Morgan fingerprint density at radius 2 is 2.10 bits per heavy atom. The summed E-state index contributed by atoms with van der Waals surface area (Å²) in [6.07, 6.45) is 2.84. The molecule has 2 aromatic heterocycles. The van der Waals surface area contributed by atoms with E-state index in [0.29, 0.717) is 18.0 Å². The number of likely N-dealkylation sites (tertiary alicyclic amines) is 1. The van der Waals surface area contributed by atoms with Gasteiger partial charge < -0.3 is 9.47 Å². The molecule has 9 heteroatoms. The molecular formula is C22H26N4O3S2. The highest BCUT2D eigenvalue weighted by Crippen LogP contribution is 2.31. The predicted molar refractivity (Wildman–Crippen MR) is 123 cm³/mol. The highest BCUT2D eigenvalue weighted by atomic mass is 32.1. The van der Waals surface area contributed by atoms with Gasteiger partial charge in [0.2, 0.25) is 4.77 Å². The molecule has 1 unspecified atom stereocenters. The van der Waals surface area contributed by atoms with E-state index in [1.807, 2.05) is 53.3 Å². The summed E-state index contributed by atoms with van der Waals surface area (Å²) in [4.78, 5) is 15.6. The minimum atomic E-state index is -0.266. The molecule has 1 aliphatic rings. The van der Waals surface area contributed by atoms with Gasteiger partial charge in [0.05, 0.1) is 30.9 Å². The lowest BCUT2D eigenvalue weighted by atomic mass is 10.0. The van der Waals surface area contributed by atoms with Gasteiger partial charge in [-0.3, -0.25) is 14.3 Å². The molecule has 0 radical (unpaired) electrons. The molecule has 1 aliphatic heterocycles. The highest BCUT2D eigenvalue weighted by molar-refractivity contribution is 7.71. The lowest BCUT2D eigenvalue weighted by molar-refractivity contribution is -0.151. The van der Waals surface area contributed by atoms with E-state index in [0.717, 1.165) is 47.9 Å². The average Bonchev–Trinajstić information content (AvgIpc) is 3.43. The van der Waals surface area contributed by atoms with Crippen molar-refractivity contribution in [1.29, 1.82) is 0 Å². The Morgan fingerprint density at radius 1 is 1.26 bits per heavy atom. The maximum absolute atomic E-state index is 12.5. The minimum absolute atomic E-state index is 0.170. The lowest BCUT2D eigenvalue weighted by Crippen LogP contribution is -2.46. The smallest absolute Gasteiger partial charge is 0.323 e. The van der Waals surface area contributed by atoms with E-state index in [1.54, 1.807) is 23.1 Å². The van der Waals surface area contributed by atoms with Gasteiger partial charge in [0, 0.05) is 6.54 Å². The number of hydrogen-bond donors (Lipinski definition) is 0. The number of rotatable bonds is 7. The number of carbonyl (C=O) groups excluding carboxylic acids is 1. The summed E-state index contributed by atoms with van der Waals surface area (Å²) in [6.45, 7) is 3.46. The molecule has 164 valence electrons. The summed E-state index contributed by atoms with van der Waals surface area (Å²) < 4.78 is 15.2. The molecule has 0 N–H and O–H groups in total. The first-order valence-corrected chi connectivity index (χ1v) is 11.7. The first-order valence-electron chi connectivity index (χ1n) is 10.4. The van der Waals surface area contributed by atoms with Crippen LogP contribution in [0.2, 0.25) is 0 Å². The van der Waals surface area contributed by atoms with Gasteiger partial charge in [0.1, 0.15) is 11.8 Å². The van der Waals surface area contributed by atoms with Crippen molar-refractivity contribution in [3.05, 3.63) is 46.5 Å². The number of nitrogens with zero attached hydrogens (tertiary/aromatic N) is 4. The summed E-state index contributed by atoms with van der Waals surface area (Å²) in [7, 11) is 1.65. The molecule has 31 heavy (non-hydrogen) atoms. The molecule has 1 fully saturated rings. The third-order valence-corrected chi connectivity index (χ3v) is 6.65. The van der Waals surface area contributed by atoms with Crippen molar-refractivity contribution in [3.8, 4) is 22.1 Å². The first kappa shape index (κ1) is 21.7. The number of thiophene rings is 1. The number of piperidine rings is 1. The molecule has 4 rings (SSSR count). The minimum Gasteiger partial charge on any atom is -0.495 e. The zero-order valence-corrected chi connectivity index (χ0v) is 19.3. The summed E-state index contributed by atoms with van der Waals surface area (Å²) in [5, 5.41) is 6.89. The number of hydrogen-bond acceptors (Lipinski definition) is 7. The molecule has 1 saturated heterocycles. The van der Waals surface area contributed by atoms with E-state index < -0.39 is 0 Å². The lowest BCUT2D eigenvalue weighted by Gasteiger charge is -2.33. The number of carbonyl (C=O) groups is 1. The summed E-state index contributed by atoms with van der Waals surface area (Å²) in [5.74, 6) is 1.31. The van der Waals surface area contributed by atoms with Gasteiger partial charge >= 0.3 is 5.97 Å². The Hall–Kier alpha value is -2.49. The van der Waals surface area contributed by atoms with Gasteiger partial charge in [-0.05, 0) is 55.6 Å². The van der Waals surface area contributed by atoms with E-state index in [4.69, 9.17) is 26.8 Å². The van der Waals surface area contributed by atoms with Crippen LogP contribution in [0, 0.1) is 4.77 Å². The molecule has 1 atom stereocenters. The van der Waals surface area contributed by atoms with Crippen LogP contribution in [-0.2, 0) is 16.2 Å². The van der Waals surface area contributed by atoms with Crippen molar-refractivity contribution < 1.29 is 14.3 Å². The highest BCUT2D eigenvalue weighted by Gasteiger charge is 2.31. The van der Waals surface area contributed by atoms with Crippen LogP contribution in [0.25, 0.3) is 16.4 Å². The molecule has 0 aliphatic carbocycles. The fourth-order valence-electron chi connectivity index (χ4n) is 3.93. The summed E-state index contributed by atoms with van der Waals surface area (Å²) in [5.41, 5.74) is 0.838. The van der Waals surface area contributed by atoms with Gasteiger partial charge in [-0.25, -0.2) is 4.68 Å². The number of para-hydroxylation sites is 2. The molecule has 3 heterocycles. The zero-order chi connectivity index (χ0) is 21.8. The van der Waals surface area contributed by atoms with Crippen LogP contribution in [0.4, 0.5) is 0 Å². The Balaban J connectivity index is 1.76. The fraction of sp³-hybridized carbons (Fsp3) is 0.409. The van der Waals surface area contributed by atoms with Gasteiger partial charge in [-0.2, -0.15) is 0 Å². The Bertz CT molecular complexity index is 1090. The van der Waals surface area contributed by atoms with Crippen LogP contribution in [0.1, 0.15) is 26.2 Å². The molecule has 3 aromatic rings. The zero-order valence-electron chi connectivity index (χ0n) is 17.7. The Kier molecular flexibility index (Phi) is 6.84. The summed E-state index contributed by atoms with van der Waals surface area (Å²) >= 11 is 7.48. The fourth-order valence-corrected chi connectivity index (χ4v) is 4.92. The van der Waals surface area contributed by atoms with E-state index in [9.17, 15) is 4.79 Å². The normalized spacial score (nSPS) is 16.9. The number of esters is 1. The molecule has 0 spiro atoms. The quantitative estimate of drug-likeness (QED) is 0.383. The maximum Gasteiger partial charge on any atom is 0.323 e. The SMILES string of the molecule is CCOC(=O)C1CCCCN1Cn1nc(-c2cccs2)n(-c2ccccc2OC)c1=S. The monoisotopic (exact) mass is 458 g/mol. The Labute approximate surface area is 190 Å². The van der Waals surface area contributed by atoms with Gasteiger partial charge in [-0.15, -0.1) is 16.4 Å². The number of aromatic nitrogens is 3. The van der Waals surface area contributed by atoms with Crippen LogP contribution in [0.3, 0.4) is 0 Å². The number of ether oxygens (including phenoxy) is 2. The molecule has 7 nitrogen and oxygen atoms in total. The third kappa shape index (κ3) is 4.44. The average molecular weight is 459 g/mol. The first-order chi connectivity index (χ1) is 15.1. The van der Waals surface area contributed by atoms with Crippen molar-refractivity contribution in [2.24, 2.45) is 0 Å². The van der Waals surface area contributed by atoms with Crippen LogP contribution in [-0.4, -0.2) is 51.5 Å². The molecular weight excluding hydrogens is 432 g/mol. The van der Waals surface area contributed by atoms with Crippen molar-refractivity contribution in [2.75, 3.05) is 20.3 Å².